The van der Waals surface area contributed by atoms with Crippen molar-refractivity contribution in [2.75, 3.05) is 39.5 Å². The number of halogens is 1. The number of anilines is 1. The Morgan fingerprint density at radius 1 is 1.13 bits per heavy atom. The van der Waals surface area contributed by atoms with Crippen molar-refractivity contribution in [3.8, 4) is 5.75 Å². The van der Waals surface area contributed by atoms with Gasteiger partial charge >= 0.3 is 11.7 Å². The molecule has 0 saturated heterocycles. The van der Waals surface area contributed by atoms with E-state index in [1.165, 1.54) is 36.2 Å². The predicted molar refractivity (Wildman–Crippen MR) is 144 cm³/mol. The maximum Gasteiger partial charge on any atom is 0.414 e. The van der Waals surface area contributed by atoms with Gasteiger partial charge in [0.15, 0.2) is 5.82 Å². The van der Waals surface area contributed by atoms with Crippen LogP contribution in [-0.4, -0.2) is 59.0 Å². The molecule has 1 aromatic heterocycles. The molecule has 12 heteroatoms. The molecule has 38 heavy (non-hydrogen) atoms. The van der Waals surface area contributed by atoms with Gasteiger partial charge in [-0.25, -0.2) is 18.7 Å². The Bertz CT molecular complexity index is 1490. The fraction of sp³-hybridized carbons (Fsp3) is 0.385. The van der Waals surface area contributed by atoms with Gasteiger partial charge < -0.3 is 19.0 Å². The van der Waals surface area contributed by atoms with Crippen molar-refractivity contribution in [1.82, 2.24) is 14.5 Å². The zero-order valence-corrected chi connectivity index (χ0v) is 23.1. The van der Waals surface area contributed by atoms with Crippen LogP contribution in [0.3, 0.4) is 0 Å². The monoisotopic (exact) mass is 548 g/mol. The molecule has 10 nitrogen and oxygen atoms in total. The Balaban J connectivity index is 2.12. The normalized spacial score (nSPS) is 11.8. The number of carbonyl (C=O) groups is 1. The van der Waals surface area contributed by atoms with Gasteiger partial charge in [0.2, 0.25) is 0 Å². The zero-order valence-electron chi connectivity index (χ0n) is 22.3. The highest BCUT2D eigenvalue weighted by atomic mass is 32.2. The van der Waals surface area contributed by atoms with Gasteiger partial charge in [-0.2, -0.15) is 8.42 Å². The third kappa shape index (κ3) is 7.09. The van der Waals surface area contributed by atoms with Gasteiger partial charge in [-0.15, -0.1) is 0 Å². The highest BCUT2D eigenvalue weighted by molar-refractivity contribution is 7.90. The predicted octanol–water partition coefficient (Wildman–Crippen LogP) is 3.55. The van der Waals surface area contributed by atoms with E-state index in [0.717, 1.165) is 6.54 Å². The van der Waals surface area contributed by atoms with E-state index in [1.54, 1.807) is 26.2 Å². The van der Waals surface area contributed by atoms with Crippen LogP contribution in [0.2, 0.25) is 0 Å². The van der Waals surface area contributed by atoms with Crippen molar-refractivity contribution in [2.24, 2.45) is 5.92 Å². The minimum atomic E-state index is -3.94. The minimum absolute atomic E-state index is 0.122. The first-order chi connectivity index (χ1) is 17.8. The lowest BCUT2D eigenvalue weighted by atomic mass is 9.97. The van der Waals surface area contributed by atoms with Crippen LogP contribution in [0.4, 0.5) is 14.9 Å². The third-order valence-electron chi connectivity index (χ3n) is 5.73. The third-order valence-corrected chi connectivity index (χ3v) is 6.75. The van der Waals surface area contributed by atoms with E-state index in [9.17, 15) is 18.0 Å². The molecule has 1 heterocycles. The van der Waals surface area contributed by atoms with Crippen molar-refractivity contribution in [3.05, 3.63) is 69.3 Å². The highest BCUT2D eigenvalue weighted by Gasteiger charge is 2.21. The lowest BCUT2D eigenvalue weighted by molar-refractivity contribution is 0.172. The van der Waals surface area contributed by atoms with Crippen LogP contribution in [0.5, 0.6) is 5.75 Å². The first kappa shape index (κ1) is 29.1. The number of nitrogens with one attached hydrogen (secondary N) is 2. The van der Waals surface area contributed by atoms with Crippen molar-refractivity contribution < 1.29 is 26.8 Å². The summed E-state index contributed by atoms with van der Waals surface area (Å²) in [5.74, 6) is -0.219. The van der Waals surface area contributed by atoms with Crippen LogP contribution >= 0.6 is 0 Å². The molecule has 3 aromatic rings. The van der Waals surface area contributed by atoms with E-state index in [-0.39, 0.29) is 34.6 Å². The van der Waals surface area contributed by atoms with Crippen LogP contribution < -0.4 is 19.8 Å². The van der Waals surface area contributed by atoms with E-state index >= 15 is 4.39 Å². The van der Waals surface area contributed by atoms with Gasteiger partial charge in [-0.3, -0.25) is 4.72 Å². The molecule has 206 valence electrons. The summed E-state index contributed by atoms with van der Waals surface area (Å²) in [6.45, 7) is 5.27. The molecule has 0 unspecified atom stereocenters. The van der Waals surface area contributed by atoms with Crippen LogP contribution in [0.1, 0.15) is 30.5 Å². The Morgan fingerprint density at radius 2 is 1.84 bits per heavy atom. The summed E-state index contributed by atoms with van der Waals surface area (Å²) >= 11 is 0. The van der Waals surface area contributed by atoms with E-state index in [0.29, 0.717) is 23.4 Å². The summed E-state index contributed by atoms with van der Waals surface area (Å²) in [5.41, 5.74) is 0.336. The van der Waals surface area contributed by atoms with E-state index in [2.05, 4.69) is 28.2 Å². The summed E-state index contributed by atoms with van der Waals surface area (Å²) < 4.78 is 54.2. The lowest BCUT2D eigenvalue weighted by Gasteiger charge is -2.22. The quantitative estimate of drug-likeness (QED) is 0.372. The smallest absolute Gasteiger partial charge is 0.414 e. The number of rotatable bonds is 10. The Morgan fingerprint density at radius 3 is 2.47 bits per heavy atom. The number of hydrogen-bond acceptors (Lipinski definition) is 7. The van der Waals surface area contributed by atoms with Gasteiger partial charge in [0, 0.05) is 57.7 Å². The van der Waals surface area contributed by atoms with Crippen LogP contribution in [0.25, 0.3) is 11.0 Å². The SMILES string of the molecule is CNS(=O)(=O)Nc1cccc(Cc2c(CN(C)CC(C)C)c3ccc(OC(=O)N(C)C)cc3oc2=O)c1F. The van der Waals surface area contributed by atoms with Crippen LogP contribution in [-0.2, 0) is 23.2 Å². The molecule has 0 aliphatic heterocycles. The van der Waals surface area contributed by atoms with Gasteiger partial charge in [-0.05, 0) is 42.3 Å². The number of hydrogen-bond donors (Lipinski definition) is 2. The number of carbonyl (C=O) groups excluding carboxylic acids is 1. The fourth-order valence-corrected chi connectivity index (χ4v) is 4.59. The molecule has 0 radical (unpaired) electrons. The van der Waals surface area contributed by atoms with Crippen molar-refractivity contribution in [3.63, 3.8) is 0 Å². The highest BCUT2D eigenvalue weighted by Crippen LogP contribution is 2.29. The largest absolute Gasteiger partial charge is 0.422 e. The van der Waals surface area contributed by atoms with E-state index in [4.69, 9.17) is 9.15 Å². The topological polar surface area (TPSA) is 121 Å². The first-order valence-corrected chi connectivity index (χ1v) is 13.4. The number of ether oxygens (including phenoxy) is 1. The van der Waals surface area contributed by atoms with Gasteiger partial charge in [0.1, 0.15) is 11.3 Å². The second-order valence-corrected chi connectivity index (χ2v) is 11.2. The molecule has 2 N–H and O–H groups in total. The molecule has 1 amide bonds. The summed E-state index contributed by atoms with van der Waals surface area (Å²) in [6, 6.07) is 9.07. The summed E-state index contributed by atoms with van der Waals surface area (Å²) in [5, 5.41) is 0.618. The Labute approximate surface area is 221 Å². The number of fused-ring (bicyclic) bond motifs is 1. The van der Waals surface area contributed by atoms with Gasteiger partial charge in [-0.1, -0.05) is 26.0 Å². The molecule has 0 spiro atoms. The molecule has 0 aliphatic rings. The van der Waals surface area contributed by atoms with E-state index < -0.39 is 27.7 Å². The summed E-state index contributed by atoms with van der Waals surface area (Å²) in [4.78, 5) is 28.5. The van der Waals surface area contributed by atoms with Crippen LogP contribution in [0.15, 0.2) is 45.6 Å². The molecule has 0 atom stereocenters. The lowest BCUT2D eigenvalue weighted by Crippen LogP contribution is -2.27. The van der Waals surface area contributed by atoms with Gasteiger partial charge in [0.05, 0.1) is 5.69 Å². The number of nitrogens with zero attached hydrogens (tertiary/aromatic N) is 2. The standard InChI is InChI=1S/C26H33FN4O6S/c1-16(2)14-31(6)15-21-19-11-10-18(36-26(33)30(4)5)13-23(19)37-25(32)20(21)12-17-8-7-9-22(24(17)27)29-38(34,35)28-3/h7-11,13,16,28-29H,12,14-15H2,1-6H3. The Hall–Kier alpha value is -3.48. The van der Waals surface area contributed by atoms with Crippen LogP contribution in [0, 0.1) is 11.7 Å². The van der Waals surface area contributed by atoms with Crippen molar-refractivity contribution in [1.29, 1.82) is 0 Å². The van der Waals surface area contributed by atoms with Crippen molar-refractivity contribution in [2.45, 2.75) is 26.8 Å². The minimum Gasteiger partial charge on any atom is -0.422 e. The molecule has 0 bridgehead atoms. The Kier molecular flexibility index (Phi) is 9.13. The van der Waals surface area contributed by atoms with Gasteiger partial charge in [0.25, 0.3) is 10.2 Å². The maximum atomic E-state index is 15.3. The molecule has 0 aliphatic carbocycles. The number of benzene rings is 2. The number of amides is 1. The second kappa shape index (κ2) is 11.9. The van der Waals surface area contributed by atoms with Crippen molar-refractivity contribution >= 4 is 33.0 Å². The average Bonchev–Trinajstić information content (AvgIpc) is 2.82. The average molecular weight is 549 g/mol. The fourth-order valence-electron chi connectivity index (χ4n) is 4.04. The first-order valence-electron chi connectivity index (χ1n) is 12.0. The molecular weight excluding hydrogens is 515 g/mol. The molecular formula is C26H33FN4O6S. The molecule has 0 fully saturated rings. The second-order valence-electron chi connectivity index (χ2n) is 9.62. The zero-order chi connectivity index (χ0) is 28.2. The summed E-state index contributed by atoms with van der Waals surface area (Å²) in [7, 11) is 2.29. The molecule has 2 aromatic carbocycles. The summed E-state index contributed by atoms with van der Waals surface area (Å²) in [6.07, 6.45) is -0.703. The maximum absolute atomic E-state index is 15.3. The molecule has 0 saturated carbocycles. The molecule has 3 rings (SSSR count). The van der Waals surface area contributed by atoms with E-state index in [1.807, 2.05) is 7.05 Å².